The van der Waals surface area contributed by atoms with Crippen LogP contribution in [0.2, 0.25) is 0 Å². The number of hydrogen-bond acceptors (Lipinski definition) is 6. The Kier molecular flexibility index (Phi) is 4.81. The maximum Gasteiger partial charge on any atom is 0.410 e. The van der Waals surface area contributed by atoms with Gasteiger partial charge in [-0.25, -0.2) is 13.2 Å². The first-order valence-electron chi connectivity index (χ1n) is 8.96. The Labute approximate surface area is 160 Å². The summed E-state index contributed by atoms with van der Waals surface area (Å²) in [5.41, 5.74) is -1.80. The van der Waals surface area contributed by atoms with Gasteiger partial charge in [0.15, 0.2) is 15.6 Å². The highest BCUT2D eigenvalue weighted by molar-refractivity contribution is 7.92. The molecule has 1 aromatic carbocycles. The molecule has 8 heteroatoms. The fourth-order valence-corrected chi connectivity index (χ4v) is 5.56. The van der Waals surface area contributed by atoms with Crippen LogP contribution in [0.5, 0.6) is 0 Å². The van der Waals surface area contributed by atoms with Gasteiger partial charge in [0.2, 0.25) is 0 Å². The summed E-state index contributed by atoms with van der Waals surface area (Å²) in [6.07, 6.45) is -0.555. The van der Waals surface area contributed by atoms with Crippen LogP contribution in [0.4, 0.5) is 4.79 Å². The zero-order valence-electron chi connectivity index (χ0n) is 16.4. The molecule has 1 amide bonds. The minimum atomic E-state index is -3.75. The molecule has 3 rings (SSSR count). The molecule has 1 aromatic rings. The van der Waals surface area contributed by atoms with E-state index in [9.17, 15) is 13.2 Å². The molecule has 0 aromatic heterocycles. The number of hydrogen-bond donors (Lipinski definition) is 0. The van der Waals surface area contributed by atoms with Gasteiger partial charge in [-0.2, -0.15) is 0 Å². The first kappa shape index (κ1) is 20.1. The van der Waals surface area contributed by atoms with Crippen molar-refractivity contribution < 1.29 is 27.4 Å². The summed E-state index contributed by atoms with van der Waals surface area (Å²) in [4.78, 5) is 14.2. The van der Waals surface area contributed by atoms with Crippen molar-refractivity contribution in [3.05, 3.63) is 30.3 Å². The van der Waals surface area contributed by atoms with Gasteiger partial charge >= 0.3 is 6.09 Å². The molecule has 2 aliphatic rings. The van der Waals surface area contributed by atoms with Crippen molar-refractivity contribution in [3.8, 4) is 0 Å². The summed E-state index contributed by atoms with van der Waals surface area (Å²) in [7, 11) is -3.75. The summed E-state index contributed by atoms with van der Waals surface area (Å²) in [6.45, 7) is 8.98. The molecule has 0 radical (unpaired) electrons. The van der Waals surface area contributed by atoms with Crippen LogP contribution in [0, 0.1) is 0 Å². The largest absolute Gasteiger partial charge is 0.444 e. The van der Waals surface area contributed by atoms with Crippen molar-refractivity contribution in [2.75, 3.05) is 19.7 Å². The Morgan fingerprint density at radius 1 is 1.22 bits per heavy atom. The molecule has 27 heavy (non-hydrogen) atoms. The highest BCUT2D eigenvalue weighted by atomic mass is 32.2. The predicted molar refractivity (Wildman–Crippen MR) is 99.1 cm³/mol. The number of amides is 1. The highest BCUT2D eigenvalue weighted by Gasteiger charge is 2.61. The van der Waals surface area contributed by atoms with Gasteiger partial charge in [-0.1, -0.05) is 18.2 Å². The van der Waals surface area contributed by atoms with E-state index in [0.717, 1.165) is 0 Å². The van der Waals surface area contributed by atoms with Crippen LogP contribution in [-0.4, -0.2) is 61.3 Å². The number of carbonyl (C=O) groups excluding carboxylic acids is 1. The average molecular weight is 397 g/mol. The second-order valence-electron chi connectivity index (χ2n) is 8.56. The van der Waals surface area contributed by atoms with E-state index in [4.69, 9.17) is 14.2 Å². The highest BCUT2D eigenvalue weighted by Crippen LogP contribution is 2.42. The molecule has 2 atom stereocenters. The fourth-order valence-electron chi connectivity index (χ4n) is 3.56. The zero-order chi connectivity index (χ0) is 20.1. The van der Waals surface area contributed by atoms with Crippen LogP contribution in [0.25, 0.3) is 0 Å². The lowest BCUT2D eigenvalue weighted by atomic mass is 10.0. The predicted octanol–water partition coefficient (Wildman–Crippen LogP) is 2.60. The third kappa shape index (κ3) is 3.97. The standard InChI is InChI=1S/C19H27NO6S/c1-17(2,3)25-16(21)20-11-15(19(12-20)13-24-18(4,5)26-19)27(22,23)14-9-7-6-8-10-14/h6-10,15H,11-13H2,1-5H3/t15-,19-/m0/s1. The quantitative estimate of drug-likeness (QED) is 0.763. The maximum atomic E-state index is 13.3. The van der Waals surface area contributed by atoms with Gasteiger partial charge < -0.3 is 19.1 Å². The van der Waals surface area contributed by atoms with Gasteiger partial charge in [0, 0.05) is 6.54 Å². The molecular weight excluding hydrogens is 370 g/mol. The Morgan fingerprint density at radius 2 is 1.85 bits per heavy atom. The van der Waals surface area contributed by atoms with E-state index >= 15 is 0 Å². The maximum absolute atomic E-state index is 13.3. The monoisotopic (exact) mass is 397 g/mol. The number of rotatable bonds is 2. The molecule has 2 fully saturated rings. The van der Waals surface area contributed by atoms with Crippen LogP contribution < -0.4 is 0 Å². The van der Waals surface area contributed by atoms with E-state index in [1.165, 1.54) is 4.90 Å². The SMILES string of the molecule is CC(C)(C)OC(=O)N1C[C@H](S(=O)(=O)c2ccccc2)[C@@]2(COC(C)(C)O2)C1. The van der Waals surface area contributed by atoms with E-state index in [0.29, 0.717) is 0 Å². The molecule has 1 spiro atoms. The van der Waals surface area contributed by atoms with Gasteiger partial charge in [0.05, 0.1) is 18.0 Å². The second-order valence-corrected chi connectivity index (χ2v) is 10.7. The minimum Gasteiger partial charge on any atom is -0.444 e. The van der Waals surface area contributed by atoms with Crippen LogP contribution in [-0.2, 0) is 24.0 Å². The van der Waals surface area contributed by atoms with Crippen molar-refractivity contribution in [1.29, 1.82) is 0 Å². The number of sulfone groups is 1. The van der Waals surface area contributed by atoms with Crippen molar-refractivity contribution in [3.63, 3.8) is 0 Å². The van der Waals surface area contributed by atoms with E-state index < -0.39 is 38.2 Å². The van der Waals surface area contributed by atoms with E-state index in [-0.39, 0.29) is 24.6 Å². The normalized spacial score (nSPS) is 27.9. The molecule has 2 aliphatic heterocycles. The summed E-state index contributed by atoms with van der Waals surface area (Å²) < 4.78 is 43.9. The molecule has 0 unspecified atom stereocenters. The van der Waals surface area contributed by atoms with Crippen LogP contribution in [0.3, 0.4) is 0 Å². The van der Waals surface area contributed by atoms with E-state index in [2.05, 4.69) is 0 Å². The van der Waals surface area contributed by atoms with Gasteiger partial charge in [-0.05, 0) is 46.8 Å². The number of likely N-dealkylation sites (tertiary alicyclic amines) is 1. The Bertz CT molecular complexity index is 814. The van der Waals surface area contributed by atoms with Crippen LogP contribution in [0.15, 0.2) is 35.2 Å². The Morgan fingerprint density at radius 3 is 2.37 bits per heavy atom. The molecule has 0 N–H and O–H groups in total. The van der Waals surface area contributed by atoms with Crippen LogP contribution in [0.1, 0.15) is 34.6 Å². The lowest BCUT2D eigenvalue weighted by Crippen LogP contribution is -2.49. The van der Waals surface area contributed by atoms with Gasteiger partial charge in [-0.15, -0.1) is 0 Å². The summed E-state index contributed by atoms with van der Waals surface area (Å²) in [5.74, 6) is -0.922. The van der Waals surface area contributed by atoms with Crippen molar-refractivity contribution in [1.82, 2.24) is 4.90 Å². The van der Waals surface area contributed by atoms with Crippen LogP contribution >= 0.6 is 0 Å². The van der Waals surface area contributed by atoms with Gasteiger partial charge in [-0.3, -0.25) is 0 Å². The fraction of sp³-hybridized carbons (Fsp3) is 0.632. The Balaban J connectivity index is 1.96. The van der Waals surface area contributed by atoms with Gasteiger partial charge in [0.1, 0.15) is 16.5 Å². The van der Waals surface area contributed by atoms with E-state index in [1.54, 1.807) is 65.0 Å². The topological polar surface area (TPSA) is 82.1 Å². The first-order chi connectivity index (χ1) is 12.3. The summed E-state index contributed by atoms with van der Waals surface area (Å²) in [5, 5.41) is -0.943. The van der Waals surface area contributed by atoms with Crippen molar-refractivity contribution in [2.45, 2.75) is 61.8 Å². The molecule has 150 valence electrons. The molecule has 0 bridgehead atoms. The number of nitrogens with zero attached hydrogens (tertiary/aromatic N) is 1. The number of ether oxygens (including phenoxy) is 3. The third-order valence-electron chi connectivity index (χ3n) is 4.64. The smallest absolute Gasteiger partial charge is 0.410 e. The second kappa shape index (κ2) is 6.46. The molecule has 2 saturated heterocycles. The lowest BCUT2D eigenvalue weighted by Gasteiger charge is -2.29. The van der Waals surface area contributed by atoms with E-state index in [1.807, 2.05) is 0 Å². The van der Waals surface area contributed by atoms with Gasteiger partial charge in [0.25, 0.3) is 0 Å². The minimum absolute atomic E-state index is 0.00835. The van der Waals surface area contributed by atoms with Crippen molar-refractivity contribution >= 4 is 15.9 Å². The summed E-state index contributed by atoms with van der Waals surface area (Å²) >= 11 is 0. The Hall–Kier alpha value is -1.64. The number of benzene rings is 1. The summed E-state index contributed by atoms with van der Waals surface area (Å²) in [6, 6.07) is 8.22. The molecular formula is C19H27NO6S. The molecule has 7 nitrogen and oxygen atoms in total. The molecule has 0 aliphatic carbocycles. The zero-order valence-corrected chi connectivity index (χ0v) is 17.2. The lowest BCUT2D eigenvalue weighted by molar-refractivity contribution is -0.157. The van der Waals surface area contributed by atoms with Crippen molar-refractivity contribution in [2.24, 2.45) is 0 Å². The third-order valence-corrected chi connectivity index (χ3v) is 6.90. The number of carbonyl (C=O) groups is 1. The average Bonchev–Trinajstić information content (AvgIpc) is 3.07. The molecule has 0 saturated carbocycles. The first-order valence-corrected chi connectivity index (χ1v) is 10.5. The molecule has 2 heterocycles.